The third-order valence-corrected chi connectivity index (χ3v) is 5.34. The molecule has 0 bridgehead atoms. The van der Waals surface area contributed by atoms with Crippen LogP contribution in [-0.4, -0.2) is 53.6 Å². The lowest BCUT2D eigenvalue weighted by atomic mass is 10.0. The number of ether oxygens (including phenoxy) is 1. The third kappa shape index (κ3) is 5.01. The maximum atomic E-state index is 12.6. The Bertz CT molecular complexity index is 843. The Hall–Kier alpha value is -2.83. The summed E-state index contributed by atoms with van der Waals surface area (Å²) < 4.78 is 5.36. The molecule has 2 heterocycles. The monoisotopic (exact) mass is 413 g/mol. The SMILES string of the molecule is CC[C@@H](C=CC(=O)N1CCc2ccccc21)NC(=O)[C@@H]1CCN1C(=O)OC(C)(C)C. The topological polar surface area (TPSA) is 79.0 Å². The van der Waals surface area contributed by atoms with Crippen molar-refractivity contribution in [3.63, 3.8) is 0 Å². The maximum Gasteiger partial charge on any atom is 0.410 e. The molecule has 7 heteroatoms. The molecule has 30 heavy (non-hydrogen) atoms. The van der Waals surface area contributed by atoms with Crippen molar-refractivity contribution < 1.29 is 19.1 Å². The average Bonchev–Trinajstić information content (AvgIpc) is 3.06. The summed E-state index contributed by atoms with van der Waals surface area (Å²) in [7, 11) is 0. The molecule has 1 aromatic rings. The van der Waals surface area contributed by atoms with Crippen molar-refractivity contribution in [2.45, 2.75) is 64.6 Å². The second-order valence-electron chi connectivity index (χ2n) is 8.73. The summed E-state index contributed by atoms with van der Waals surface area (Å²) in [6.07, 6.45) is 4.90. The van der Waals surface area contributed by atoms with E-state index in [1.807, 2.05) is 31.2 Å². The van der Waals surface area contributed by atoms with Crippen molar-refractivity contribution in [3.8, 4) is 0 Å². The molecular formula is C23H31N3O4. The van der Waals surface area contributed by atoms with Gasteiger partial charge in [0.15, 0.2) is 0 Å². The molecule has 0 aromatic heterocycles. The van der Waals surface area contributed by atoms with Gasteiger partial charge in [0.2, 0.25) is 5.91 Å². The predicted octanol–water partition coefficient (Wildman–Crippen LogP) is 3.04. The van der Waals surface area contributed by atoms with Gasteiger partial charge in [-0.2, -0.15) is 0 Å². The highest BCUT2D eigenvalue weighted by molar-refractivity contribution is 6.03. The lowest BCUT2D eigenvalue weighted by Gasteiger charge is -2.40. The summed E-state index contributed by atoms with van der Waals surface area (Å²) in [5, 5.41) is 2.94. The molecule has 1 saturated heterocycles. The van der Waals surface area contributed by atoms with Crippen molar-refractivity contribution in [3.05, 3.63) is 42.0 Å². The van der Waals surface area contributed by atoms with Crippen LogP contribution in [0, 0.1) is 0 Å². The van der Waals surface area contributed by atoms with Gasteiger partial charge in [-0.05, 0) is 51.7 Å². The zero-order valence-corrected chi connectivity index (χ0v) is 18.2. The van der Waals surface area contributed by atoms with Crippen LogP contribution in [0.15, 0.2) is 36.4 Å². The minimum absolute atomic E-state index is 0.0910. The Balaban J connectivity index is 1.56. The van der Waals surface area contributed by atoms with E-state index >= 15 is 0 Å². The Labute approximate surface area is 178 Å². The molecule has 2 aliphatic rings. The second kappa shape index (κ2) is 8.90. The Morgan fingerprint density at radius 3 is 2.60 bits per heavy atom. The van der Waals surface area contributed by atoms with Gasteiger partial charge in [-0.25, -0.2) is 4.79 Å². The number of nitrogens with one attached hydrogen (secondary N) is 1. The summed E-state index contributed by atoms with van der Waals surface area (Å²) in [5.74, 6) is -0.311. The molecule has 0 unspecified atom stereocenters. The van der Waals surface area contributed by atoms with Gasteiger partial charge >= 0.3 is 6.09 Å². The van der Waals surface area contributed by atoms with E-state index in [1.165, 1.54) is 16.5 Å². The molecule has 0 aliphatic carbocycles. The van der Waals surface area contributed by atoms with E-state index in [-0.39, 0.29) is 17.9 Å². The number of likely N-dealkylation sites (tertiary alicyclic amines) is 1. The maximum absolute atomic E-state index is 12.6. The van der Waals surface area contributed by atoms with Gasteiger partial charge in [0, 0.05) is 30.9 Å². The fourth-order valence-electron chi connectivity index (χ4n) is 3.62. The van der Waals surface area contributed by atoms with Crippen LogP contribution in [-0.2, 0) is 20.7 Å². The van der Waals surface area contributed by atoms with Gasteiger partial charge < -0.3 is 15.0 Å². The normalized spacial score (nSPS) is 19.3. The molecule has 3 rings (SSSR count). The molecule has 3 amide bonds. The van der Waals surface area contributed by atoms with Gasteiger partial charge in [-0.15, -0.1) is 0 Å². The van der Waals surface area contributed by atoms with Crippen molar-refractivity contribution in [1.29, 1.82) is 0 Å². The lowest BCUT2D eigenvalue weighted by Crippen LogP contribution is -2.60. The number of para-hydroxylation sites is 1. The molecule has 1 N–H and O–H groups in total. The van der Waals surface area contributed by atoms with Gasteiger partial charge in [0.05, 0.1) is 0 Å². The molecule has 1 fully saturated rings. The highest BCUT2D eigenvalue weighted by Crippen LogP contribution is 2.27. The largest absolute Gasteiger partial charge is 0.444 e. The molecule has 1 aromatic carbocycles. The number of fused-ring (bicyclic) bond motifs is 1. The first-order chi connectivity index (χ1) is 14.2. The zero-order valence-electron chi connectivity index (χ0n) is 18.2. The van der Waals surface area contributed by atoms with E-state index in [0.29, 0.717) is 25.9 Å². The van der Waals surface area contributed by atoms with Gasteiger partial charge in [-0.1, -0.05) is 31.2 Å². The van der Waals surface area contributed by atoms with Gasteiger partial charge in [0.25, 0.3) is 5.91 Å². The van der Waals surface area contributed by atoms with Crippen LogP contribution in [0.4, 0.5) is 10.5 Å². The van der Waals surface area contributed by atoms with E-state index in [1.54, 1.807) is 31.7 Å². The molecule has 0 saturated carbocycles. The van der Waals surface area contributed by atoms with Crippen molar-refractivity contribution in [1.82, 2.24) is 10.2 Å². The minimum Gasteiger partial charge on any atom is -0.444 e. The van der Waals surface area contributed by atoms with Gasteiger partial charge in [-0.3, -0.25) is 14.5 Å². The van der Waals surface area contributed by atoms with Gasteiger partial charge in [0.1, 0.15) is 11.6 Å². The number of rotatable bonds is 5. The number of carbonyl (C=O) groups excluding carboxylic acids is 3. The second-order valence-corrected chi connectivity index (χ2v) is 8.73. The fourth-order valence-corrected chi connectivity index (χ4v) is 3.62. The molecule has 0 spiro atoms. The smallest absolute Gasteiger partial charge is 0.410 e. The molecular weight excluding hydrogens is 382 g/mol. The van der Waals surface area contributed by atoms with E-state index in [2.05, 4.69) is 5.32 Å². The Morgan fingerprint density at radius 2 is 1.97 bits per heavy atom. The quantitative estimate of drug-likeness (QED) is 0.753. The van der Waals surface area contributed by atoms with E-state index in [0.717, 1.165) is 12.1 Å². The number of amides is 3. The zero-order chi connectivity index (χ0) is 21.9. The summed E-state index contributed by atoms with van der Waals surface area (Å²) >= 11 is 0. The van der Waals surface area contributed by atoms with Crippen LogP contribution in [0.5, 0.6) is 0 Å². The third-order valence-electron chi connectivity index (χ3n) is 5.34. The number of hydrogen-bond acceptors (Lipinski definition) is 4. The number of nitrogens with zero attached hydrogens (tertiary/aromatic N) is 2. The van der Waals surface area contributed by atoms with Crippen molar-refractivity contribution in [2.75, 3.05) is 18.0 Å². The van der Waals surface area contributed by atoms with Crippen molar-refractivity contribution in [2.24, 2.45) is 0 Å². The summed E-state index contributed by atoms with van der Waals surface area (Å²) in [6.45, 7) is 8.51. The first-order valence-corrected chi connectivity index (χ1v) is 10.6. The van der Waals surface area contributed by atoms with E-state index in [9.17, 15) is 14.4 Å². The fraction of sp³-hybridized carbons (Fsp3) is 0.522. The number of hydrogen-bond donors (Lipinski definition) is 1. The summed E-state index contributed by atoms with van der Waals surface area (Å²) in [6, 6.07) is 7.10. The molecule has 0 radical (unpaired) electrons. The predicted molar refractivity (Wildman–Crippen MR) is 115 cm³/mol. The number of benzene rings is 1. The number of carbonyl (C=O) groups is 3. The van der Waals surface area contributed by atoms with E-state index in [4.69, 9.17) is 4.74 Å². The van der Waals surface area contributed by atoms with Crippen LogP contribution in [0.25, 0.3) is 0 Å². The first kappa shape index (κ1) is 21.9. The highest BCUT2D eigenvalue weighted by Gasteiger charge is 2.40. The summed E-state index contributed by atoms with van der Waals surface area (Å²) in [4.78, 5) is 40.7. The Morgan fingerprint density at radius 1 is 1.23 bits per heavy atom. The van der Waals surface area contributed by atoms with Crippen LogP contribution >= 0.6 is 0 Å². The van der Waals surface area contributed by atoms with E-state index < -0.39 is 17.7 Å². The van der Waals surface area contributed by atoms with Crippen molar-refractivity contribution >= 4 is 23.6 Å². The standard InChI is InChI=1S/C23H31N3O4/c1-5-17(10-11-20(27)25-14-12-16-8-6-7-9-18(16)25)24-21(28)19-13-15-26(19)22(29)30-23(2,3)4/h6-11,17,19H,5,12-15H2,1-4H3,(H,24,28)/t17-,19-/m0/s1. The number of anilines is 1. The van der Waals surface area contributed by atoms with Crippen LogP contribution in [0.3, 0.4) is 0 Å². The molecule has 162 valence electrons. The van der Waals surface area contributed by atoms with Crippen LogP contribution in [0.2, 0.25) is 0 Å². The summed E-state index contributed by atoms with van der Waals surface area (Å²) in [5.41, 5.74) is 1.52. The lowest BCUT2D eigenvalue weighted by molar-refractivity contribution is -0.131. The van der Waals surface area contributed by atoms with Crippen LogP contribution < -0.4 is 10.2 Å². The molecule has 2 atom stereocenters. The average molecular weight is 414 g/mol. The van der Waals surface area contributed by atoms with Crippen LogP contribution in [0.1, 0.15) is 46.1 Å². The molecule has 7 nitrogen and oxygen atoms in total. The Kier molecular flexibility index (Phi) is 6.48. The molecule has 2 aliphatic heterocycles. The minimum atomic E-state index is -0.600. The first-order valence-electron chi connectivity index (χ1n) is 10.6. The highest BCUT2D eigenvalue weighted by atomic mass is 16.6.